The summed E-state index contributed by atoms with van der Waals surface area (Å²) in [5, 5.41) is 2.05. The molecule has 3 nitrogen and oxygen atoms in total. The first-order valence-electron chi connectivity index (χ1n) is 7.61. The smallest absolute Gasteiger partial charge is 0.223 e. The van der Waals surface area contributed by atoms with Gasteiger partial charge >= 0.3 is 0 Å². The minimum Gasteiger partial charge on any atom is -0.497 e. The van der Waals surface area contributed by atoms with E-state index < -0.39 is 0 Å². The number of hydrogen-bond donors (Lipinski definition) is 0. The standard InChI is InChI=1S/C18H23NO2S/c1-4-19(18(20)11-10-17-9-6-12-22-17)14(2)15-7-5-8-16(13-15)21-3/h5-9,12-14H,4,10-11H2,1-3H3. The summed E-state index contributed by atoms with van der Waals surface area (Å²) in [6.07, 6.45) is 1.38. The van der Waals surface area contributed by atoms with E-state index >= 15 is 0 Å². The first-order valence-corrected chi connectivity index (χ1v) is 8.49. The Kier molecular flexibility index (Phi) is 6.01. The largest absolute Gasteiger partial charge is 0.497 e. The lowest BCUT2D eigenvalue weighted by atomic mass is 10.1. The van der Waals surface area contributed by atoms with E-state index in [4.69, 9.17) is 4.74 Å². The molecule has 0 saturated heterocycles. The molecule has 0 saturated carbocycles. The predicted molar refractivity (Wildman–Crippen MR) is 91.4 cm³/mol. The minimum absolute atomic E-state index is 0.0518. The van der Waals surface area contributed by atoms with Crippen LogP contribution in [0.4, 0.5) is 0 Å². The van der Waals surface area contributed by atoms with Crippen LogP contribution in [0.1, 0.15) is 36.8 Å². The van der Waals surface area contributed by atoms with Gasteiger partial charge in [-0.05, 0) is 49.4 Å². The fourth-order valence-corrected chi connectivity index (χ4v) is 3.29. The van der Waals surface area contributed by atoms with E-state index in [1.165, 1.54) is 4.88 Å². The summed E-state index contributed by atoms with van der Waals surface area (Å²) in [5.41, 5.74) is 1.10. The Labute approximate surface area is 136 Å². The summed E-state index contributed by atoms with van der Waals surface area (Å²) in [4.78, 5) is 15.7. The van der Waals surface area contributed by atoms with Gasteiger partial charge < -0.3 is 9.64 Å². The highest BCUT2D eigenvalue weighted by atomic mass is 32.1. The second-order valence-corrected chi connectivity index (χ2v) is 6.24. The number of amides is 1. The van der Waals surface area contributed by atoms with Crippen molar-refractivity contribution >= 4 is 17.2 Å². The van der Waals surface area contributed by atoms with Gasteiger partial charge in [-0.3, -0.25) is 4.79 Å². The highest BCUT2D eigenvalue weighted by Crippen LogP contribution is 2.25. The summed E-state index contributed by atoms with van der Waals surface area (Å²) in [7, 11) is 1.66. The molecule has 0 aliphatic carbocycles. The number of thiophene rings is 1. The van der Waals surface area contributed by atoms with Gasteiger partial charge in [-0.15, -0.1) is 11.3 Å². The maximum absolute atomic E-state index is 12.5. The van der Waals surface area contributed by atoms with Crippen LogP contribution in [0.25, 0.3) is 0 Å². The second-order valence-electron chi connectivity index (χ2n) is 5.21. The molecule has 0 aliphatic rings. The Bertz CT molecular complexity index is 595. The molecule has 1 atom stereocenters. The molecular formula is C18H23NO2S. The molecule has 0 spiro atoms. The van der Waals surface area contributed by atoms with Crippen molar-refractivity contribution in [1.82, 2.24) is 4.90 Å². The van der Waals surface area contributed by atoms with Gasteiger partial charge in [-0.1, -0.05) is 18.2 Å². The lowest BCUT2D eigenvalue weighted by molar-refractivity contribution is -0.133. The van der Waals surface area contributed by atoms with Gasteiger partial charge in [0, 0.05) is 17.8 Å². The third kappa shape index (κ3) is 4.10. The molecule has 1 aromatic heterocycles. The number of ether oxygens (including phenoxy) is 1. The highest BCUT2D eigenvalue weighted by Gasteiger charge is 2.20. The van der Waals surface area contributed by atoms with Crippen molar-refractivity contribution in [3.05, 3.63) is 52.2 Å². The number of nitrogens with zero attached hydrogens (tertiary/aromatic N) is 1. The first kappa shape index (κ1) is 16.6. The van der Waals surface area contributed by atoms with Gasteiger partial charge in [0.15, 0.2) is 0 Å². The molecule has 1 amide bonds. The molecule has 0 N–H and O–H groups in total. The van der Waals surface area contributed by atoms with Crippen molar-refractivity contribution in [3.63, 3.8) is 0 Å². The van der Waals surface area contributed by atoms with Crippen LogP contribution in [-0.2, 0) is 11.2 Å². The molecule has 0 radical (unpaired) electrons. The Balaban J connectivity index is 2.03. The van der Waals surface area contributed by atoms with E-state index in [0.29, 0.717) is 13.0 Å². The van der Waals surface area contributed by atoms with Crippen molar-refractivity contribution in [2.24, 2.45) is 0 Å². The molecule has 2 rings (SSSR count). The average molecular weight is 317 g/mol. The molecule has 22 heavy (non-hydrogen) atoms. The Morgan fingerprint density at radius 3 is 2.77 bits per heavy atom. The lowest BCUT2D eigenvalue weighted by Crippen LogP contribution is -2.33. The highest BCUT2D eigenvalue weighted by molar-refractivity contribution is 7.09. The van der Waals surface area contributed by atoms with E-state index in [9.17, 15) is 4.79 Å². The number of rotatable bonds is 7. The number of benzene rings is 1. The second kappa shape index (κ2) is 7.99. The van der Waals surface area contributed by atoms with Crippen LogP contribution in [0.3, 0.4) is 0 Å². The summed E-state index contributed by atoms with van der Waals surface area (Å²) in [6.45, 7) is 4.81. The van der Waals surface area contributed by atoms with Crippen molar-refractivity contribution in [2.75, 3.05) is 13.7 Å². The number of carbonyl (C=O) groups excluding carboxylic acids is 1. The summed E-state index contributed by atoms with van der Waals surface area (Å²) in [5.74, 6) is 1.03. The van der Waals surface area contributed by atoms with Gasteiger partial charge in [-0.2, -0.15) is 0 Å². The van der Waals surface area contributed by atoms with Crippen molar-refractivity contribution < 1.29 is 9.53 Å². The average Bonchev–Trinajstić information content (AvgIpc) is 3.07. The van der Waals surface area contributed by atoms with E-state index in [0.717, 1.165) is 17.7 Å². The number of carbonyl (C=O) groups is 1. The topological polar surface area (TPSA) is 29.5 Å². The minimum atomic E-state index is 0.0518. The van der Waals surface area contributed by atoms with Crippen LogP contribution in [0.15, 0.2) is 41.8 Å². The van der Waals surface area contributed by atoms with Gasteiger partial charge in [0.25, 0.3) is 0 Å². The lowest BCUT2D eigenvalue weighted by Gasteiger charge is -2.28. The Morgan fingerprint density at radius 1 is 1.32 bits per heavy atom. The monoisotopic (exact) mass is 317 g/mol. The van der Waals surface area contributed by atoms with Crippen LogP contribution >= 0.6 is 11.3 Å². The van der Waals surface area contributed by atoms with Gasteiger partial charge in [0.1, 0.15) is 5.75 Å². The Morgan fingerprint density at radius 2 is 2.14 bits per heavy atom. The normalized spacial score (nSPS) is 12.0. The molecule has 0 fully saturated rings. The maximum Gasteiger partial charge on any atom is 0.223 e. The van der Waals surface area contributed by atoms with Gasteiger partial charge in [0.2, 0.25) is 5.91 Å². The summed E-state index contributed by atoms with van der Waals surface area (Å²) >= 11 is 1.71. The molecule has 4 heteroatoms. The van der Waals surface area contributed by atoms with Gasteiger partial charge in [-0.25, -0.2) is 0 Å². The molecule has 0 aliphatic heterocycles. The Hall–Kier alpha value is -1.81. The van der Waals surface area contributed by atoms with Crippen LogP contribution in [-0.4, -0.2) is 24.5 Å². The third-order valence-electron chi connectivity index (χ3n) is 3.87. The molecular weight excluding hydrogens is 294 g/mol. The number of methoxy groups -OCH3 is 1. The van der Waals surface area contributed by atoms with E-state index in [2.05, 4.69) is 18.4 Å². The molecule has 0 bridgehead atoms. The van der Waals surface area contributed by atoms with Crippen LogP contribution in [0.2, 0.25) is 0 Å². The maximum atomic E-state index is 12.5. The molecule has 2 aromatic rings. The van der Waals surface area contributed by atoms with Crippen molar-refractivity contribution in [2.45, 2.75) is 32.7 Å². The SMILES string of the molecule is CCN(C(=O)CCc1cccs1)C(C)c1cccc(OC)c1. The zero-order valence-corrected chi connectivity index (χ0v) is 14.2. The molecule has 1 aromatic carbocycles. The quantitative estimate of drug-likeness (QED) is 0.762. The number of hydrogen-bond acceptors (Lipinski definition) is 3. The van der Waals surface area contributed by atoms with Crippen molar-refractivity contribution in [1.29, 1.82) is 0 Å². The van der Waals surface area contributed by atoms with Crippen LogP contribution < -0.4 is 4.74 Å². The van der Waals surface area contributed by atoms with E-state index in [1.54, 1.807) is 18.4 Å². The molecule has 1 heterocycles. The van der Waals surface area contributed by atoms with Crippen LogP contribution in [0.5, 0.6) is 5.75 Å². The zero-order chi connectivity index (χ0) is 15.9. The first-order chi connectivity index (χ1) is 10.7. The fraction of sp³-hybridized carbons (Fsp3) is 0.389. The third-order valence-corrected chi connectivity index (χ3v) is 4.81. The zero-order valence-electron chi connectivity index (χ0n) is 13.4. The van der Waals surface area contributed by atoms with E-state index in [1.807, 2.05) is 42.2 Å². The summed E-state index contributed by atoms with van der Waals surface area (Å²) in [6, 6.07) is 12.1. The van der Waals surface area contributed by atoms with Crippen LogP contribution in [0, 0.1) is 0 Å². The van der Waals surface area contributed by atoms with Crippen molar-refractivity contribution in [3.8, 4) is 5.75 Å². The number of aryl methyl sites for hydroxylation is 1. The predicted octanol–water partition coefficient (Wildman–Crippen LogP) is 4.30. The summed E-state index contributed by atoms with van der Waals surface area (Å²) < 4.78 is 5.27. The van der Waals surface area contributed by atoms with Gasteiger partial charge in [0.05, 0.1) is 13.2 Å². The van der Waals surface area contributed by atoms with E-state index in [-0.39, 0.29) is 11.9 Å². The molecule has 118 valence electrons. The fourth-order valence-electron chi connectivity index (χ4n) is 2.58. The molecule has 1 unspecified atom stereocenters.